The molecule has 0 atom stereocenters. The number of hydrogen-bond donors (Lipinski definition) is 1. The van der Waals surface area contributed by atoms with Crippen molar-refractivity contribution < 1.29 is 13.9 Å². The fourth-order valence-corrected chi connectivity index (χ4v) is 1.10. The lowest BCUT2D eigenvalue weighted by Gasteiger charge is -2.07. The van der Waals surface area contributed by atoms with E-state index in [0.717, 1.165) is 12.5 Å². The molecule has 1 aromatic carbocycles. The Kier molecular flexibility index (Phi) is 4.51. The van der Waals surface area contributed by atoms with Crippen LogP contribution >= 0.6 is 0 Å². The highest BCUT2D eigenvalue weighted by Gasteiger charge is 2.05. The normalized spacial score (nSPS) is 9.62. The molecule has 3 nitrogen and oxygen atoms in total. The third-order valence-corrected chi connectivity index (χ3v) is 1.85. The topological polar surface area (TPSA) is 38.3 Å². The average molecular weight is 223 g/mol. The lowest BCUT2D eigenvalue weighted by atomic mass is 10.3. The van der Waals surface area contributed by atoms with Gasteiger partial charge in [-0.1, -0.05) is 13.5 Å². The van der Waals surface area contributed by atoms with E-state index in [9.17, 15) is 9.18 Å². The minimum absolute atomic E-state index is 0.193. The second-order valence-electron chi connectivity index (χ2n) is 3.19. The first-order valence-electron chi connectivity index (χ1n) is 5.03. The number of anilines is 1. The van der Waals surface area contributed by atoms with E-state index >= 15 is 0 Å². The molecule has 86 valence electrons. The minimum Gasteiger partial charge on any atom is -0.491 e. The fourth-order valence-electron chi connectivity index (χ4n) is 1.10. The summed E-state index contributed by atoms with van der Waals surface area (Å²) in [5.74, 6) is -0.671. The Morgan fingerprint density at radius 1 is 1.62 bits per heavy atom. The summed E-state index contributed by atoms with van der Waals surface area (Å²) in [6.07, 6.45) is 1.94. The Morgan fingerprint density at radius 2 is 2.38 bits per heavy atom. The number of hydrogen-bond acceptors (Lipinski definition) is 2. The summed E-state index contributed by atoms with van der Waals surface area (Å²) in [7, 11) is 0. The first-order chi connectivity index (χ1) is 7.67. The van der Waals surface area contributed by atoms with Crippen LogP contribution in [-0.2, 0) is 4.79 Å². The summed E-state index contributed by atoms with van der Waals surface area (Å²) >= 11 is 0. The smallest absolute Gasteiger partial charge is 0.247 e. The maximum absolute atomic E-state index is 13.4. The molecule has 1 amide bonds. The zero-order valence-electron chi connectivity index (χ0n) is 9.13. The van der Waals surface area contributed by atoms with Gasteiger partial charge in [0.05, 0.1) is 6.61 Å². The predicted octanol–water partition coefficient (Wildman–Crippen LogP) is 2.74. The van der Waals surface area contributed by atoms with Gasteiger partial charge in [-0.15, -0.1) is 0 Å². The number of benzene rings is 1. The van der Waals surface area contributed by atoms with Crippen molar-refractivity contribution in [3.05, 3.63) is 36.7 Å². The number of carbonyl (C=O) groups excluding carboxylic acids is 1. The Morgan fingerprint density at radius 3 is 2.94 bits per heavy atom. The van der Waals surface area contributed by atoms with Crippen molar-refractivity contribution in [1.29, 1.82) is 0 Å². The Labute approximate surface area is 93.9 Å². The monoisotopic (exact) mass is 223 g/mol. The molecule has 0 heterocycles. The SMILES string of the molecule is C=CC(=O)Nc1ccc(OCCC)c(F)c1. The summed E-state index contributed by atoms with van der Waals surface area (Å²) in [6, 6.07) is 4.28. The molecule has 0 bridgehead atoms. The van der Waals surface area contributed by atoms with Crippen LogP contribution in [0.25, 0.3) is 0 Å². The summed E-state index contributed by atoms with van der Waals surface area (Å²) in [5.41, 5.74) is 0.381. The maximum atomic E-state index is 13.4. The lowest BCUT2D eigenvalue weighted by Crippen LogP contribution is -2.07. The number of amides is 1. The minimum atomic E-state index is -0.490. The van der Waals surface area contributed by atoms with Crippen molar-refractivity contribution in [2.45, 2.75) is 13.3 Å². The molecule has 0 unspecified atom stereocenters. The maximum Gasteiger partial charge on any atom is 0.247 e. The average Bonchev–Trinajstić information content (AvgIpc) is 2.28. The second-order valence-corrected chi connectivity index (χ2v) is 3.19. The molecular formula is C12H14FNO2. The van der Waals surface area contributed by atoms with Crippen LogP contribution in [-0.4, -0.2) is 12.5 Å². The molecule has 4 heteroatoms. The molecular weight excluding hydrogens is 209 g/mol. The van der Waals surface area contributed by atoms with Crippen LogP contribution in [0.1, 0.15) is 13.3 Å². The fraction of sp³-hybridized carbons (Fsp3) is 0.250. The number of carbonyl (C=O) groups is 1. The lowest BCUT2D eigenvalue weighted by molar-refractivity contribution is -0.111. The van der Waals surface area contributed by atoms with Crippen molar-refractivity contribution in [1.82, 2.24) is 0 Å². The molecule has 1 aromatic rings. The van der Waals surface area contributed by atoms with Crippen molar-refractivity contribution >= 4 is 11.6 Å². The van der Waals surface area contributed by atoms with Crippen LogP contribution in [0.3, 0.4) is 0 Å². The van der Waals surface area contributed by atoms with E-state index in [0.29, 0.717) is 12.3 Å². The van der Waals surface area contributed by atoms with Gasteiger partial charge in [-0.3, -0.25) is 4.79 Å². The van der Waals surface area contributed by atoms with Gasteiger partial charge in [-0.25, -0.2) is 4.39 Å². The molecule has 0 aliphatic rings. The van der Waals surface area contributed by atoms with Crippen LogP contribution in [0.15, 0.2) is 30.9 Å². The van der Waals surface area contributed by atoms with Gasteiger partial charge in [0.2, 0.25) is 5.91 Å². The van der Waals surface area contributed by atoms with E-state index in [-0.39, 0.29) is 11.7 Å². The van der Waals surface area contributed by atoms with Gasteiger partial charge < -0.3 is 10.1 Å². The molecule has 0 saturated heterocycles. The van der Waals surface area contributed by atoms with Gasteiger partial charge in [0, 0.05) is 11.8 Å². The van der Waals surface area contributed by atoms with Gasteiger partial charge in [-0.2, -0.15) is 0 Å². The molecule has 0 spiro atoms. The highest BCUT2D eigenvalue weighted by atomic mass is 19.1. The Hall–Kier alpha value is -1.84. The first-order valence-corrected chi connectivity index (χ1v) is 5.03. The molecule has 0 radical (unpaired) electrons. The summed E-state index contributed by atoms with van der Waals surface area (Å²) in [6.45, 7) is 5.72. The number of ether oxygens (including phenoxy) is 1. The quantitative estimate of drug-likeness (QED) is 0.779. The van der Waals surface area contributed by atoms with Crippen LogP contribution in [0.5, 0.6) is 5.75 Å². The number of halogens is 1. The van der Waals surface area contributed by atoms with Crippen molar-refractivity contribution in [2.75, 3.05) is 11.9 Å². The van der Waals surface area contributed by atoms with Gasteiger partial charge in [-0.05, 0) is 24.6 Å². The van der Waals surface area contributed by atoms with E-state index in [4.69, 9.17) is 4.74 Å². The largest absolute Gasteiger partial charge is 0.491 e. The highest BCUT2D eigenvalue weighted by Crippen LogP contribution is 2.21. The van der Waals surface area contributed by atoms with Crippen LogP contribution < -0.4 is 10.1 Å². The highest BCUT2D eigenvalue weighted by molar-refractivity contribution is 5.98. The van der Waals surface area contributed by atoms with Crippen LogP contribution in [0, 0.1) is 5.82 Å². The third-order valence-electron chi connectivity index (χ3n) is 1.85. The van der Waals surface area contributed by atoms with Crippen molar-refractivity contribution in [2.24, 2.45) is 0 Å². The molecule has 16 heavy (non-hydrogen) atoms. The van der Waals surface area contributed by atoms with E-state index in [1.54, 1.807) is 6.07 Å². The molecule has 1 N–H and O–H groups in total. The van der Waals surface area contributed by atoms with Crippen molar-refractivity contribution in [3.63, 3.8) is 0 Å². The summed E-state index contributed by atoms with van der Waals surface area (Å²) in [4.78, 5) is 11.0. The molecule has 0 aliphatic carbocycles. The summed E-state index contributed by atoms with van der Waals surface area (Å²) < 4.78 is 18.6. The zero-order valence-corrected chi connectivity index (χ0v) is 9.13. The molecule has 0 aromatic heterocycles. The third kappa shape index (κ3) is 3.38. The first kappa shape index (κ1) is 12.2. The van der Waals surface area contributed by atoms with E-state index in [1.807, 2.05) is 6.92 Å². The van der Waals surface area contributed by atoms with Gasteiger partial charge in [0.25, 0.3) is 0 Å². The second kappa shape index (κ2) is 5.90. The van der Waals surface area contributed by atoms with E-state index in [2.05, 4.69) is 11.9 Å². The molecule has 0 saturated carbocycles. The number of nitrogens with one attached hydrogen (secondary N) is 1. The van der Waals surface area contributed by atoms with Gasteiger partial charge in [0.15, 0.2) is 11.6 Å². The predicted molar refractivity (Wildman–Crippen MR) is 61.0 cm³/mol. The molecule has 0 fully saturated rings. The van der Waals surface area contributed by atoms with Gasteiger partial charge >= 0.3 is 0 Å². The Balaban J connectivity index is 2.74. The van der Waals surface area contributed by atoms with Crippen LogP contribution in [0.2, 0.25) is 0 Å². The van der Waals surface area contributed by atoms with E-state index < -0.39 is 5.82 Å². The Bertz CT molecular complexity index is 391. The molecule has 1 rings (SSSR count). The summed E-state index contributed by atoms with van der Waals surface area (Å²) in [5, 5.41) is 2.46. The van der Waals surface area contributed by atoms with Crippen molar-refractivity contribution in [3.8, 4) is 5.75 Å². The number of rotatable bonds is 5. The van der Waals surface area contributed by atoms with E-state index in [1.165, 1.54) is 12.1 Å². The van der Waals surface area contributed by atoms with Gasteiger partial charge in [0.1, 0.15) is 0 Å². The molecule has 0 aliphatic heterocycles. The standard InChI is InChI=1S/C12H14FNO2/c1-3-7-16-11-6-5-9(8-10(11)13)14-12(15)4-2/h4-6,8H,2-3,7H2,1H3,(H,14,15). The zero-order chi connectivity index (χ0) is 12.0. The van der Waals surface area contributed by atoms with Crippen LogP contribution in [0.4, 0.5) is 10.1 Å².